The molecule has 0 bridgehead atoms. The molecule has 0 radical (unpaired) electrons. The number of thioether (sulfide) groups is 1. The third-order valence-electron chi connectivity index (χ3n) is 1.17. The lowest BCUT2D eigenvalue weighted by Crippen LogP contribution is -1.84. The predicted molar refractivity (Wildman–Crippen MR) is 43.4 cm³/mol. The molecule has 0 fully saturated rings. The van der Waals surface area contributed by atoms with Gasteiger partial charge in [-0.3, -0.25) is 0 Å². The van der Waals surface area contributed by atoms with Crippen molar-refractivity contribution >= 4 is 17.6 Å². The van der Waals surface area contributed by atoms with E-state index in [0.29, 0.717) is 0 Å². The zero-order valence-electron chi connectivity index (χ0n) is 5.47. The van der Waals surface area contributed by atoms with Crippen molar-refractivity contribution in [3.8, 4) is 0 Å². The normalized spacial score (nSPS) is 20.4. The Hall–Kier alpha value is -0.200. The second-order valence-electron chi connectivity index (χ2n) is 1.97. The third kappa shape index (κ3) is 3.39. The molecule has 0 saturated carbocycles. The minimum absolute atomic E-state index is 0.946. The summed E-state index contributed by atoms with van der Waals surface area (Å²) in [6.07, 6.45) is 4.47. The summed E-state index contributed by atoms with van der Waals surface area (Å²) in [4.78, 5) is 4.06. The van der Waals surface area contributed by atoms with Crippen LogP contribution in [0.4, 0.5) is 0 Å². The van der Waals surface area contributed by atoms with Crippen molar-refractivity contribution in [1.82, 2.24) is 0 Å². The second-order valence-corrected chi connectivity index (χ2v) is 3.19. The maximum atomic E-state index is 4.06. The van der Waals surface area contributed by atoms with Crippen LogP contribution in [-0.4, -0.2) is 23.9 Å². The number of rotatable bonds is 0. The zero-order valence-corrected chi connectivity index (χ0v) is 6.28. The molecule has 1 rings (SSSR count). The van der Waals surface area contributed by atoms with Crippen LogP contribution in [0, 0.1) is 0 Å². The fourth-order valence-electron chi connectivity index (χ4n) is 0.693. The number of hydrogen-bond donors (Lipinski definition) is 0. The highest BCUT2D eigenvalue weighted by molar-refractivity contribution is 7.99. The van der Waals surface area contributed by atoms with Crippen molar-refractivity contribution in [3.63, 3.8) is 0 Å². The minimum atomic E-state index is 0.946. The van der Waals surface area contributed by atoms with Crippen LogP contribution in [0.1, 0.15) is 12.8 Å². The van der Waals surface area contributed by atoms with Crippen molar-refractivity contribution in [2.24, 2.45) is 4.99 Å². The Balaban J connectivity index is 2.29. The average molecular weight is 141 g/mol. The summed E-state index contributed by atoms with van der Waals surface area (Å²) < 4.78 is 0. The molecule has 0 aromatic rings. The second kappa shape index (κ2) is 4.66. The van der Waals surface area contributed by atoms with E-state index in [1.165, 1.54) is 17.9 Å². The molecule has 1 aliphatic heterocycles. The molecule has 0 saturated heterocycles. The van der Waals surface area contributed by atoms with E-state index in [1.807, 2.05) is 17.8 Å². The molecule has 0 amide bonds. The highest BCUT2D eigenvalue weighted by Gasteiger charge is 1.88. The van der Waals surface area contributed by atoms with Gasteiger partial charge in [0.2, 0.25) is 0 Å². The Bertz CT molecular complexity index is 113. The van der Waals surface area contributed by atoms with Crippen molar-refractivity contribution in [3.05, 3.63) is 6.08 Å². The molecule has 0 atom stereocenters. The largest absolute Gasteiger partial charge is 0.243 e. The number of hydrogen-bond acceptors (Lipinski definition) is 2. The summed E-state index contributed by atoms with van der Waals surface area (Å²) in [5.41, 5.74) is 0. The Morgan fingerprint density at radius 3 is 3.44 bits per heavy atom. The van der Waals surface area contributed by atoms with Gasteiger partial charge >= 0.3 is 0 Å². The summed E-state index contributed by atoms with van der Waals surface area (Å²) >= 11 is 1.99. The van der Waals surface area contributed by atoms with E-state index in [9.17, 15) is 0 Å². The van der Waals surface area contributed by atoms with Crippen LogP contribution in [0.25, 0.3) is 0 Å². The maximum Gasteiger partial charge on any atom is 0.0574 e. The summed E-state index contributed by atoms with van der Waals surface area (Å²) in [7, 11) is 0. The maximum absolute atomic E-state index is 4.06. The van der Waals surface area contributed by atoms with Gasteiger partial charge in [0.1, 0.15) is 0 Å². The monoisotopic (exact) mass is 141 g/mol. The molecule has 0 aromatic carbocycles. The van der Waals surface area contributed by atoms with Crippen LogP contribution < -0.4 is 0 Å². The fourth-order valence-corrected chi connectivity index (χ4v) is 1.49. The molecule has 0 N–H and O–H groups in total. The molecular weight excluding hydrogens is 130 g/mol. The Labute approximate surface area is 60.3 Å². The minimum Gasteiger partial charge on any atom is -0.243 e. The van der Waals surface area contributed by atoms with Crippen LogP contribution in [0.15, 0.2) is 11.1 Å². The lowest BCUT2D eigenvalue weighted by Gasteiger charge is -1.93. The van der Waals surface area contributed by atoms with Crippen LogP contribution in [-0.2, 0) is 0 Å². The quantitative estimate of drug-likeness (QED) is 0.500. The summed E-state index contributed by atoms with van der Waals surface area (Å²) in [5.74, 6) is 5.37. The summed E-state index contributed by atoms with van der Waals surface area (Å²) in [6.45, 7) is 0.946. The van der Waals surface area contributed by atoms with Gasteiger partial charge in [-0.05, 0) is 30.5 Å². The van der Waals surface area contributed by atoms with Gasteiger partial charge in [0.15, 0.2) is 0 Å². The first-order valence-electron chi connectivity index (χ1n) is 3.31. The van der Waals surface area contributed by atoms with E-state index in [2.05, 4.69) is 10.9 Å². The van der Waals surface area contributed by atoms with Gasteiger partial charge in [-0.1, -0.05) is 0 Å². The first-order valence-corrected chi connectivity index (χ1v) is 4.47. The van der Waals surface area contributed by atoms with E-state index in [1.54, 1.807) is 0 Å². The first-order chi connectivity index (χ1) is 4.50. The lowest BCUT2D eigenvalue weighted by atomic mass is 10.3. The van der Waals surface area contributed by atoms with Crippen LogP contribution >= 0.6 is 11.8 Å². The highest BCUT2D eigenvalue weighted by Crippen LogP contribution is 2.04. The molecule has 2 heteroatoms. The third-order valence-corrected chi connectivity index (χ3v) is 2.22. The molecule has 0 unspecified atom stereocenters. The smallest absolute Gasteiger partial charge is 0.0574 e. The average Bonchev–Trinajstić information content (AvgIpc) is 2.00. The standard InChI is InChI=1S/C7H11NS/c1-2-4-8-5-7-9-6-3-1/h2H,1,3,5-7H2. The molecule has 0 spiro atoms. The molecule has 1 nitrogen and oxygen atoms in total. The molecule has 0 aliphatic carbocycles. The van der Waals surface area contributed by atoms with Gasteiger partial charge in [-0.15, -0.1) is 0 Å². The molecule has 9 heavy (non-hydrogen) atoms. The SMILES string of the molecule is C1=CCCCSCCN=1. The molecule has 1 heterocycles. The van der Waals surface area contributed by atoms with Gasteiger partial charge in [-0.25, -0.2) is 4.99 Å². The van der Waals surface area contributed by atoms with Crippen LogP contribution in [0.5, 0.6) is 0 Å². The number of allylic oxidation sites excluding steroid dienone is 1. The van der Waals surface area contributed by atoms with E-state index in [0.717, 1.165) is 13.0 Å². The zero-order chi connectivity index (χ0) is 6.36. The van der Waals surface area contributed by atoms with Crippen LogP contribution in [0.3, 0.4) is 0 Å². The Kier molecular flexibility index (Phi) is 3.58. The van der Waals surface area contributed by atoms with Gasteiger partial charge in [0.25, 0.3) is 0 Å². The fraction of sp³-hybridized carbons (Fsp3) is 0.714. The van der Waals surface area contributed by atoms with E-state index < -0.39 is 0 Å². The molecule has 50 valence electrons. The van der Waals surface area contributed by atoms with E-state index in [4.69, 9.17) is 0 Å². The van der Waals surface area contributed by atoms with Gasteiger partial charge < -0.3 is 0 Å². The highest BCUT2D eigenvalue weighted by atomic mass is 32.2. The van der Waals surface area contributed by atoms with Crippen molar-refractivity contribution in [2.45, 2.75) is 12.8 Å². The lowest BCUT2D eigenvalue weighted by molar-refractivity contribution is 0.979. The number of nitrogens with zero attached hydrogens (tertiary/aromatic N) is 1. The first kappa shape index (κ1) is 6.91. The summed E-state index contributed by atoms with van der Waals surface area (Å²) in [5, 5.41) is 0. The Morgan fingerprint density at radius 2 is 2.44 bits per heavy atom. The van der Waals surface area contributed by atoms with Gasteiger partial charge in [-0.2, -0.15) is 11.8 Å². The predicted octanol–water partition coefficient (Wildman–Crippen LogP) is 1.74. The molecular formula is C7H11NS. The van der Waals surface area contributed by atoms with Crippen molar-refractivity contribution in [2.75, 3.05) is 18.1 Å². The molecule has 0 aromatic heterocycles. The van der Waals surface area contributed by atoms with Crippen molar-refractivity contribution in [1.29, 1.82) is 0 Å². The summed E-state index contributed by atoms with van der Waals surface area (Å²) in [6, 6.07) is 0. The molecule has 1 aliphatic rings. The van der Waals surface area contributed by atoms with Crippen LogP contribution in [0.2, 0.25) is 0 Å². The van der Waals surface area contributed by atoms with Crippen molar-refractivity contribution < 1.29 is 0 Å². The van der Waals surface area contributed by atoms with Gasteiger partial charge in [0, 0.05) is 5.75 Å². The van der Waals surface area contributed by atoms with E-state index in [-0.39, 0.29) is 0 Å². The van der Waals surface area contributed by atoms with E-state index >= 15 is 0 Å². The Morgan fingerprint density at radius 1 is 1.44 bits per heavy atom. The van der Waals surface area contributed by atoms with Gasteiger partial charge in [0.05, 0.1) is 6.54 Å². The topological polar surface area (TPSA) is 12.4 Å². The number of aliphatic imine (C=N–C) groups is 1.